The predicted molar refractivity (Wildman–Crippen MR) is 113 cm³/mol. The van der Waals surface area contributed by atoms with Crippen LogP contribution in [0.2, 0.25) is 0 Å². The Morgan fingerprint density at radius 2 is 1.63 bits per heavy atom. The molecule has 0 saturated heterocycles. The summed E-state index contributed by atoms with van der Waals surface area (Å²) in [5, 5.41) is 6.62. The Hall–Kier alpha value is -2.98. The third kappa shape index (κ3) is 5.25. The lowest BCUT2D eigenvalue weighted by Crippen LogP contribution is -2.12. The Balaban J connectivity index is 1.55. The van der Waals surface area contributed by atoms with Crippen LogP contribution in [0.5, 0.6) is 5.75 Å². The summed E-state index contributed by atoms with van der Waals surface area (Å²) < 4.78 is 5.91. The molecule has 4 N–H and O–H groups in total. The van der Waals surface area contributed by atoms with Crippen molar-refractivity contribution in [3.8, 4) is 5.75 Å². The third-order valence-electron chi connectivity index (χ3n) is 4.61. The number of nitrogens with two attached hydrogens (primary N) is 1. The smallest absolute Gasteiger partial charge is 0.119 e. The van der Waals surface area contributed by atoms with Crippen molar-refractivity contribution in [3.05, 3.63) is 89.0 Å². The van der Waals surface area contributed by atoms with Gasteiger partial charge in [0.1, 0.15) is 12.4 Å². The van der Waals surface area contributed by atoms with E-state index in [-0.39, 0.29) is 0 Å². The van der Waals surface area contributed by atoms with E-state index in [0.717, 1.165) is 23.7 Å². The Kier molecular flexibility index (Phi) is 6.34. The molecule has 0 saturated carbocycles. The minimum absolute atomic E-state index is 0.425. The molecule has 0 amide bonds. The van der Waals surface area contributed by atoms with Gasteiger partial charge in [0.2, 0.25) is 0 Å². The van der Waals surface area contributed by atoms with Crippen molar-refractivity contribution in [2.45, 2.75) is 27.0 Å². The molecule has 140 valence electrons. The number of hydrogen-bond acceptors (Lipinski definition) is 4. The maximum absolute atomic E-state index is 5.91. The molecule has 3 aromatic rings. The third-order valence-corrected chi connectivity index (χ3v) is 4.61. The van der Waals surface area contributed by atoms with Crippen LogP contribution >= 0.6 is 0 Å². The first-order valence-corrected chi connectivity index (χ1v) is 9.20. The quantitative estimate of drug-likeness (QED) is 0.503. The van der Waals surface area contributed by atoms with E-state index >= 15 is 0 Å². The van der Waals surface area contributed by atoms with E-state index in [4.69, 9.17) is 10.5 Å². The normalized spacial score (nSPS) is 10.5. The van der Waals surface area contributed by atoms with Crippen LogP contribution in [0.1, 0.15) is 22.3 Å². The Morgan fingerprint density at radius 3 is 2.37 bits per heavy atom. The van der Waals surface area contributed by atoms with Crippen molar-refractivity contribution < 1.29 is 4.74 Å². The summed E-state index contributed by atoms with van der Waals surface area (Å²) >= 11 is 0. The fourth-order valence-corrected chi connectivity index (χ4v) is 2.87. The van der Waals surface area contributed by atoms with Gasteiger partial charge in [-0.2, -0.15) is 0 Å². The van der Waals surface area contributed by atoms with E-state index in [0.29, 0.717) is 13.3 Å². The van der Waals surface area contributed by atoms with Crippen molar-refractivity contribution in [1.29, 1.82) is 0 Å². The first-order valence-electron chi connectivity index (χ1n) is 9.20. The molecule has 0 spiro atoms. The molecule has 0 atom stereocenters. The summed E-state index contributed by atoms with van der Waals surface area (Å²) in [6.45, 7) is 5.94. The number of anilines is 2. The van der Waals surface area contributed by atoms with Gasteiger partial charge in [-0.3, -0.25) is 0 Å². The molecule has 4 heteroatoms. The maximum Gasteiger partial charge on any atom is 0.119 e. The summed E-state index contributed by atoms with van der Waals surface area (Å²) in [7, 11) is 0. The van der Waals surface area contributed by atoms with E-state index in [1.807, 2.05) is 24.3 Å². The lowest BCUT2D eigenvalue weighted by atomic mass is 10.1. The number of hydrogen-bond donors (Lipinski definition) is 3. The molecule has 0 aliphatic carbocycles. The van der Waals surface area contributed by atoms with Gasteiger partial charge in [0.25, 0.3) is 0 Å². The monoisotopic (exact) mass is 361 g/mol. The average Bonchev–Trinajstić information content (AvgIpc) is 2.69. The standard InChI is InChI=1S/C23H27N3O/c1-17-5-3-4-6-20(17)15-27-22-11-8-19(9-12-22)14-25-21-10-7-18(2)23(13-21)26-16-24/h3-13,25-26H,14-16,24H2,1-2H3. The molecular weight excluding hydrogens is 334 g/mol. The molecule has 0 bridgehead atoms. The summed E-state index contributed by atoms with van der Waals surface area (Å²) in [6.07, 6.45) is 0. The lowest BCUT2D eigenvalue weighted by Gasteiger charge is -2.12. The van der Waals surface area contributed by atoms with Crippen LogP contribution in [0.4, 0.5) is 11.4 Å². The zero-order chi connectivity index (χ0) is 19.1. The van der Waals surface area contributed by atoms with Gasteiger partial charge in [0.05, 0.1) is 6.67 Å². The van der Waals surface area contributed by atoms with Crippen molar-refractivity contribution in [1.82, 2.24) is 0 Å². The Bertz CT molecular complexity index is 875. The van der Waals surface area contributed by atoms with E-state index in [9.17, 15) is 0 Å². The molecule has 3 rings (SSSR count). The van der Waals surface area contributed by atoms with Gasteiger partial charge in [0, 0.05) is 17.9 Å². The van der Waals surface area contributed by atoms with Crippen molar-refractivity contribution in [2.75, 3.05) is 17.3 Å². The molecule has 0 aromatic heterocycles. The molecule has 0 fully saturated rings. The summed E-state index contributed by atoms with van der Waals surface area (Å²) in [5.41, 5.74) is 12.6. The van der Waals surface area contributed by atoms with Gasteiger partial charge < -0.3 is 21.1 Å². The number of rotatable bonds is 8. The zero-order valence-corrected chi connectivity index (χ0v) is 16.0. The highest BCUT2D eigenvalue weighted by Crippen LogP contribution is 2.21. The highest BCUT2D eigenvalue weighted by atomic mass is 16.5. The van der Waals surface area contributed by atoms with Gasteiger partial charge in [-0.15, -0.1) is 0 Å². The molecule has 0 radical (unpaired) electrons. The second-order valence-corrected chi connectivity index (χ2v) is 6.62. The van der Waals surface area contributed by atoms with Crippen LogP contribution in [-0.4, -0.2) is 6.67 Å². The first-order chi connectivity index (χ1) is 13.2. The molecule has 0 heterocycles. The van der Waals surface area contributed by atoms with Crippen molar-refractivity contribution in [2.24, 2.45) is 5.73 Å². The zero-order valence-electron chi connectivity index (χ0n) is 16.0. The highest BCUT2D eigenvalue weighted by Gasteiger charge is 2.02. The van der Waals surface area contributed by atoms with Crippen molar-refractivity contribution in [3.63, 3.8) is 0 Å². The summed E-state index contributed by atoms with van der Waals surface area (Å²) in [4.78, 5) is 0. The van der Waals surface area contributed by atoms with Crippen LogP contribution in [0.3, 0.4) is 0 Å². The molecule has 0 aliphatic heterocycles. The maximum atomic E-state index is 5.91. The fourth-order valence-electron chi connectivity index (χ4n) is 2.87. The first kappa shape index (κ1) is 18.8. The lowest BCUT2D eigenvalue weighted by molar-refractivity contribution is 0.305. The van der Waals surface area contributed by atoms with Gasteiger partial charge in [-0.25, -0.2) is 0 Å². The van der Waals surface area contributed by atoms with Gasteiger partial charge in [0.15, 0.2) is 0 Å². The number of benzene rings is 3. The van der Waals surface area contributed by atoms with E-state index < -0.39 is 0 Å². The topological polar surface area (TPSA) is 59.3 Å². The Labute approximate surface area is 161 Å². The number of aryl methyl sites for hydroxylation is 2. The minimum atomic E-state index is 0.425. The van der Waals surface area contributed by atoms with Crippen LogP contribution < -0.4 is 21.1 Å². The highest BCUT2D eigenvalue weighted by molar-refractivity contribution is 5.61. The Morgan fingerprint density at radius 1 is 0.852 bits per heavy atom. The fraction of sp³-hybridized carbons (Fsp3) is 0.217. The van der Waals surface area contributed by atoms with Crippen LogP contribution in [-0.2, 0) is 13.2 Å². The van der Waals surface area contributed by atoms with E-state index in [1.54, 1.807) is 0 Å². The van der Waals surface area contributed by atoms with Gasteiger partial charge in [-0.05, 0) is 60.4 Å². The van der Waals surface area contributed by atoms with Crippen LogP contribution in [0.15, 0.2) is 66.7 Å². The largest absolute Gasteiger partial charge is 0.489 e. The molecule has 4 nitrogen and oxygen atoms in total. The molecule has 3 aromatic carbocycles. The minimum Gasteiger partial charge on any atom is -0.489 e. The molecular formula is C23H27N3O. The molecule has 27 heavy (non-hydrogen) atoms. The van der Waals surface area contributed by atoms with Crippen LogP contribution in [0.25, 0.3) is 0 Å². The van der Waals surface area contributed by atoms with Crippen molar-refractivity contribution >= 4 is 11.4 Å². The van der Waals surface area contributed by atoms with Gasteiger partial charge in [-0.1, -0.05) is 42.5 Å². The second-order valence-electron chi connectivity index (χ2n) is 6.62. The SMILES string of the molecule is Cc1ccccc1COc1ccc(CNc2ccc(C)c(NCN)c2)cc1. The van der Waals surface area contributed by atoms with E-state index in [2.05, 4.69) is 66.9 Å². The molecule has 0 aliphatic rings. The number of nitrogens with one attached hydrogen (secondary N) is 2. The number of ether oxygens (including phenoxy) is 1. The summed E-state index contributed by atoms with van der Waals surface area (Å²) in [6, 6.07) is 22.8. The van der Waals surface area contributed by atoms with E-state index in [1.165, 1.54) is 22.3 Å². The molecule has 0 unspecified atom stereocenters. The second kappa shape index (κ2) is 9.10. The predicted octanol–water partition coefficient (Wildman–Crippen LogP) is 4.82. The average molecular weight is 361 g/mol. The van der Waals surface area contributed by atoms with Gasteiger partial charge >= 0.3 is 0 Å². The summed E-state index contributed by atoms with van der Waals surface area (Å²) in [5.74, 6) is 0.881. The van der Waals surface area contributed by atoms with Crippen LogP contribution in [0, 0.1) is 13.8 Å².